The zero-order chi connectivity index (χ0) is 11.4. The summed E-state index contributed by atoms with van der Waals surface area (Å²) in [6, 6.07) is 0.0233. The number of hydrogen-bond acceptors (Lipinski definition) is 3. The number of likely N-dealkylation sites (N-methyl/N-ethyl adjacent to an activating group) is 1. The van der Waals surface area contributed by atoms with Crippen molar-refractivity contribution in [3.63, 3.8) is 0 Å². The molecule has 0 aromatic rings. The van der Waals surface area contributed by atoms with Gasteiger partial charge < -0.3 is 15.5 Å². The van der Waals surface area contributed by atoms with Gasteiger partial charge in [-0.05, 0) is 13.3 Å². The fourth-order valence-corrected chi connectivity index (χ4v) is 1.55. The van der Waals surface area contributed by atoms with Crippen LogP contribution in [0, 0.1) is 0 Å². The molecule has 1 saturated heterocycles. The third-order valence-electron chi connectivity index (χ3n) is 2.89. The van der Waals surface area contributed by atoms with Gasteiger partial charge in [0, 0.05) is 32.6 Å². The number of amides is 2. The van der Waals surface area contributed by atoms with E-state index in [0.29, 0.717) is 19.5 Å². The average Bonchev–Trinajstić information content (AvgIpc) is 2.62. The fraction of sp³-hybridized carbons (Fsp3) is 0.800. The van der Waals surface area contributed by atoms with Crippen LogP contribution in [0.5, 0.6) is 0 Å². The van der Waals surface area contributed by atoms with Gasteiger partial charge in [-0.25, -0.2) is 0 Å². The number of carbonyl (C=O) groups excluding carboxylic acids is 2. The van der Waals surface area contributed by atoms with Crippen molar-refractivity contribution >= 4 is 11.8 Å². The van der Waals surface area contributed by atoms with Crippen LogP contribution in [0.1, 0.15) is 19.8 Å². The van der Waals surface area contributed by atoms with Crippen LogP contribution in [0.3, 0.4) is 0 Å². The molecule has 1 rings (SSSR count). The predicted molar refractivity (Wildman–Crippen MR) is 57.1 cm³/mol. The number of nitrogens with zero attached hydrogens (tertiary/aromatic N) is 2. The van der Waals surface area contributed by atoms with Gasteiger partial charge in [-0.2, -0.15) is 0 Å². The Labute approximate surface area is 90.2 Å². The standard InChI is InChI=1S/C10H19N3O2/c1-8(6-11)12(2)10(15)7-13-5-3-4-9(13)14/h8H,3-7,11H2,1-2H3. The summed E-state index contributed by atoms with van der Waals surface area (Å²) >= 11 is 0. The van der Waals surface area contributed by atoms with E-state index in [1.807, 2.05) is 6.92 Å². The molecule has 0 aromatic carbocycles. The largest absolute Gasteiger partial charge is 0.340 e. The van der Waals surface area contributed by atoms with Crippen LogP contribution in [0.25, 0.3) is 0 Å². The van der Waals surface area contributed by atoms with E-state index in [-0.39, 0.29) is 24.4 Å². The van der Waals surface area contributed by atoms with E-state index in [1.165, 1.54) is 0 Å². The number of likely N-dealkylation sites (tertiary alicyclic amines) is 1. The highest BCUT2D eigenvalue weighted by molar-refractivity contribution is 5.85. The van der Waals surface area contributed by atoms with E-state index in [0.717, 1.165) is 6.42 Å². The lowest BCUT2D eigenvalue weighted by Crippen LogP contribution is -2.45. The first kappa shape index (κ1) is 12.0. The predicted octanol–water partition coefficient (Wildman–Crippen LogP) is -0.586. The minimum Gasteiger partial charge on any atom is -0.340 e. The van der Waals surface area contributed by atoms with Crippen molar-refractivity contribution in [3.8, 4) is 0 Å². The molecule has 5 nitrogen and oxygen atoms in total. The van der Waals surface area contributed by atoms with E-state index < -0.39 is 0 Å². The maximum atomic E-state index is 11.7. The highest BCUT2D eigenvalue weighted by atomic mass is 16.2. The molecule has 0 aromatic heterocycles. The SMILES string of the molecule is CC(CN)N(C)C(=O)CN1CCCC1=O. The molecule has 86 valence electrons. The van der Waals surface area contributed by atoms with Crippen LogP contribution < -0.4 is 5.73 Å². The zero-order valence-electron chi connectivity index (χ0n) is 9.40. The lowest BCUT2D eigenvalue weighted by molar-refractivity contribution is -0.138. The van der Waals surface area contributed by atoms with Crippen molar-refractivity contribution in [2.45, 2.75) is 25.8 Å². The average molecular weight is 213 g/mol. The van der Waals surface area contributed by atoms with Crippen molar-refractivity contribution in [3.05, 3.63) is 0 Å². The molecule has 5 heteroatoms. The number of hydrogen-bond donors (Lipinski definition) is 1. The molecule has 2 N–H and O–H groups in total. The lowest BCUT2D eigenvalue weighted by Gasteiger charge is -2.26. The Morgan fingerprint density at radius 2 is 2.33 bits per heavy atom. The third kappa shape index (κ3) is 2.92. The molecule has 2 amide bonds. The fourth-order valence-electron chi connectivity index (χ4n) is 1.55. The summed E-state index contributed by atoms with van der Waals surface area (Å²) in [6.07, 6.45) is 1.44. The monoisotopic (exact) mass is 213 g/mol. The van der Waals surface area contributed by atoms with E-state index in [9.17, 15) is 9.59 Å². The summed E-state index contributed by atoms with van der Waals surface area (Å²) in [6.45, 7) is 3.23. The smallest absolute Gasteiger partial charge is 0.242 e. The molecule has 1 atom stereocenters. The van der Waals surface area contributed by atoms with Crippen LogP contribution in [0.4, 0.5) is 0 Å². The Hall–Kier alpha value is -1.10. The van der Waals surface area contributed by atoms with E-state index in [4.69, 9.17) is 5.73 Å². The minimum atomic E-state index is -0.0387. The Balaban J connectivity index is 2.44. The van der Waals surface area contributed by atoms with Gasteiger partial charge in [0.2, 0.25) is 11.8 Å². The topological polar surface area (TPSA) is 66.6 Å². The van der Waals surface area contributed by atoms with Crippen LogP contribution in [0.15, 0.2) is 0 Å². The molecule has 1 aliphatic heterocycles. The second-order valence-corrected chi connectivity index (χ2v) is 4.01. The van der Waals surface area contributed by atoms with Gasteiger partial charge in [0.25, 0.3) is 0 Å². The van der Waals surface area contributed by atoms with Gasteiger partial charge in [0.05, 0.1) is 6.54 Å². The first-order chi connectivity index (χ1) is 7.06. The maximum absolute atomic E-state index is 11.7. The summed E-state index contributed by atoms with van der Waals surface area (Å²) in [5.74, 6) is 0.0420. The van der Waals surface area contributed by atoms with Crippen molar-refractivity contribution in [2.24, 2.45) is 5.73 Å². The Morgan fingerprint density at radius 1 is 1.67 bits per heavy atom. The van der Waals surface area contributed by atoms with Crippen molar-refractivity contribution in [2.75, 3.05) is 26.7 Å². The van der Waals surface area contributed by atoms with E-state index in [1.54, 1.807) is 16.8 Å². The zero-order valence-corrected chi connectivity index (χ0v) is 9.40. The van der Waals surface area contributed by atoms with Crippen LogP contribution in [0.2, 0.25) is 0 Å². The molecule has 1 aliphatic rings. The summed E-state index contributed by atoms with van der Waals surface area (Å²) in [5.41, 5.74) is 5.47. The minimum absolute atomic E-state index is 0.0233. The van der Waals surface area contributed by atoms with Crippen molar-refractivity contribution < 1.29 is 9.59 Å². The Morgan fingerprint density at radius 3 is 2.80 bits per heavy atom. The molecular formula is C10H19N3O2. The Kier molecular flexibility index (Phi) is 4.08. The molecule has 1 fully saturated rings. The van der Waals surface area contributed by atoms with Crippen molar-refractivity contribution in [1.82, 2.24) is 9.80 Å². The molecule has 0 saturated carbocycles. The van der Waals surface area contributed by atoms with Crippen molar-refractivity contribution in [1.29, 1.82) is 0 Å². The van der Waals surface area contributed by atoms with E-state index >= 15 is 0 Å². The number of carbonyl (C=O) groups is 2. The third-order valence-corrected chi connectivity index (χ3v) is 2.89. The molecule has 0 spiro atoms. The quantitative estimate of drug-likeness (QED) is 0.679. The van der Waals surface area contributed by atoms with Gasteiger partial charge in [-0.3, -0.25) is 9.59 Å². The summed E-state index contributed by atoms with van der Waals surface area (Å²) < 4.78 is 0. The van der Waals surface area contributed by atoms with Crippen LogP contribution in [-0.2, 0) is 9.59 Å². The second-order valence-electron chi connectivity index (χ2n) is 4.01. The van der Waals surface area contributed by atoms with Gasteiger partial charge in [0.15, 0.2) is 0 Å². The van der Waals surface area contributed by atoms with Gasteiger partial charge in [0.1, 0.15) is 0 Å². The first-order valence-corrected chi connectivity index (χ1v) is 5.29. The molecule has 1 heterocycles. The maximum Gasteiger partial charge on any atom is 0.242 e. The van der Waals surface area contributed by atoms with Gasteiger partial charge in [-0.1, -0.05) is 0 Å². The van der Waals surface area contributed by atoms with Gasteiger partial charge >= 0.3 is 0 Å². The normalized spacial score (nSPS) is 18.1. The summed E-state index contributed by atoms with van der Waals surface area (Å²) in [7, 11) is 1.72. The molecular weight excluding hydrogens is 194 g/mol. The van der Waals surface area contributed by atoms with Crippen LogP contribution >= 0.6 is 0 Å². The highest BCUT2D eigenvalue weighted by Gasteiger charge is 2.24. The second kappa shape index (κ2) is 5.11. The molecule has 0 aliphatic carbocycles. The van der Waals surface area contributed by atoms with E-state index in [2.05, 4.69) is 0 Å². The molecule has 1 unspecified atom stereocenters. The molecule has 0 bridgehead atoms. The molecule has 0 radical (unpaired) electrons. The number of rotatable bonds is 4. The summed E-state index contributed by atoms with van der Waals surface area (Å²) in [4.78, 5) is 26.2. The summed E-state index contributed by atoms with van der Waals surface area (Å²) in [5, 5.41) is 0. The van der Waals surface area contributed by atoms with Crippen LogP contribution in [-0.4, -0.2) is 54.3 Å². The molecule has 15 heavy (non-hydrogen) atoms. The Bertz CT molecular complexity index is 255. The highest BCUT2D eigenvalue weighted by Crippen LogP contribution is 2.09. The first-order valence-electron chi connectivity index (χ1n) is 5.29. The lowest BCUT2D eigenvalue weighted by atomic mass is 10.3. The van der Waals surface area contributed by atoms with Gasteiger partial charge in [-0.15, -0.1) is 0 Å². The number of nitrogens with two attached hydrogens (primary N) is 1.